The van der Waals surface area contributed by atoms with Gasteiger partial charge in [0.15, 0.2) is 0 Å². The molecule has 4 heteroatoms. The Hall–Kier alpha value is -1.84. The summed E-state index contributed by atoms with van der Waals surface area (Å²) in [6.45, 7) is 9.67. The average molecular weight is 274 g/mol. The van der Waals surface area contributed by atoms with Crippen molar-refractivity contribution >= 4 is 17.5 Å². The molecule has 0 aromatic heterocycles. The fourth-order valence-electron chi connectivity index (χ4n) is 2.69. The molecule has 1 aliphatic rings. The number of carbonyl (C=O) groups excluding carboxylic acids is 2. The van der Waals surface area contributed by atoms with Gasteiger partial charge in [-0.25, -0.2) is 0 Å². The van der Waals surface area contributed by atoms with E-state index in [-0.39, 0.29) is 17.7 Å². The van der Waals surface area contributed by atoms with E-state index in [1.54, 1.807) is 11.8 Å². The number of amides is 2. The fourth-order valence-corrected chi connectivity index (χ4v) is 2.69. The van der Waals surface area contributed by atoms with Gasteiger partial charge in [-0.2, -0.15) is 0 Å². The Morgan fingerprint density at radius 2 is 1.85 bits per heavy atom. The summed E-state index contributed by atoms with van der Waals surface area (Å²) in [5, 5.41) is 2.76. The van der Waals surface area contributed by atoms with E-state index in [0.717, 1.165) is 16.8 Å². The zero-order valence-corrected chi connectivity index (χ0v) is 12.7. The van der Waals surface area contributed by atoms with Crippen molar-refractivity contribution in [3.8, 4) is 0 Å². The zero-order chi connectivity index (χ0) is 15.0. The molecule has 0 radical (unpaired) electrons. The van der Waals surface area contributed by atoms with Crippen LogP contribution in [0.15, 0.2) is 18.2 Å². The largest absolute Gasteiger partial charge is 0.343 e. The van der Waals surface area contributed by atoms with Gasteiger partial charge in [-0.3, -0.25) is 14.5 Å². The minimum Gasteiger partial charge on any atom is -0.343 e. The van der Waals surface area contributed by atoms with Crippen LogP contribution in [0.4, 0.5) is 5.69 Å². The molecule has 2 unspecified atom stereocenters. The number of piperazine rings is 1. The smallest absolute Gasteiger partial charge is 0.250 e. The van der Waals surface area contributed by atoms with Crippen molar-refractivity contribution in [2.75, 3.05) is 4.90 Å². The SMILES string of the molecule is Cc1cccc(N2C(=O)C(C)NC(=O)C2C(C)C)c1C. The lowest BCUT2D eigenvalue weighted by atomic mass is 9.95. The first-order valence-electron chi connectivity index (χ1n) is 7.04. The predicted molar refractivity (Wildman–Crippen MR) is 79.6 cm³/mol. The standard InChI is InChI=1S/C16H22N2O2/c1-9(2)14-15(19)17-12(5)16(20)18(14)13-8-6-7-10(3)11(13)4/h6-9,12,14H,1-5H3,(H,17,19). The predicted octanol–water partition coefficient (Wildman–Crippen LogP) is 2.18. The lowest BCUT2D eigenvalue weighted by Crippen LogP contribution is -2.64. The Balaban J connectivity index is 2.55. The minimum absolute atomic E-state index is 0.0444. The number of hydrogen-bond acceptors (Lipinski definition) is 2. The fraction of sp³-hybridized carbons (Fsp3) is 0.500. The summed E-state index contributed by atoms with van der Waals surface area (Å²) in [7, 11) is 0. The van der Waals surface area contributed by atoms with E-state index in [0.29, 0.717) is 0 Å². The van der Waals surface area contributed by atoms with E-state index in [1.165, 1.54) is 0 Å². The highest BCUT2D eigenvalue weighted by atomic mass is 16.2. The van der Waals surface area contributed by atoms with E-state index >= 15 is 0 Å². The van der Waals surface area contributed by atoms with Crippen LogP contribution in [0.25, 0.3) is 0 Å². The van der Waals surface area contributed by atoms with Crippen molar-refractivity contribution in [2.24, 2.45) is 5.92 Å². The summed E-state index contributed by atoms with van der Waals surface area (Å²) in [4.78, 5) is 26.5. The Bertz CT molecular complexity index is 551. The molecule has 2 rings (SSSR count). The summed E-state index contributed by atoms with van der Waals surface area (Å²) in [6, 6.07) is 4.94. The highest BCUT2D eigenvalue weighted by molar-refractivity contribution is 6.08. The van der Waals surface area contributed by atoms with E-state index in [2.05, 4.69) is 5.32 Å². The second-order valence-electron chi connectivity index (χ2n) is 5.85. The van der Waals surface area contributed by atoms with E-state index in [1.807, 2.05) is 45.9 Å². The third-order valence-electron chi connectivity index (χ3n) is 3.98. The van der Waals surface area contributed by atoms with Crippen LogP contribution in [-0.4, -0.2) is 23.9 Å². The molecule has 108 valence electrons. The molecule has 0 bridgehead atoms. The molecule has 1 heterocycles. The van der Waals surface area contributed by atoms with Gasteiger partial charge in [0.2, 0.25) is 11.8 Å². The van der Waals surface area contributed by atoms with Gasteiger partial charge >= 0.3 is 0 Å². The van der Waals surface area contributed by atoms with Gasteiger partial charge in [0.05, 0.1) is 0 Å². The number of hydrogen-bond donors (Lipinski definition) is 1. The number of nitrogens with one attached hydrogen (secondary N) is 1. The van der Waals surface area contributed by atoms with Crippen LogP contribution in [-0.2, 0) is 9.59 Å². The molecule has 4 nitrogen and oxygen atoms in total. The minimum atomic E-state index is -0.475. The quantitative estimate of drug-likeness (QED) is 0.898. The van der Waals surface area contributed by atoms with Gasteiger partial charge in [0.1, 0.15) is 12.1 Å². The van der Waals surface area contributed by atoms with E-state index in [4.69, 9.17) is 0 Å². The van der Waals surface area contributed by atoms with Crippen LogP contribution >= 0.6 is 0 Å². The summed E-state index contributed by atoms with van der Waals surface area (Å²) in [6.07, 6.45) is 0. The van der Waals surface area contributed by atoms with Crippen molar-refractivity contribution < 1.29 is 9.59 Å². The van der Waals surface area contributed by atoms with E-state index < -0.39 is 12.1 Å². The van der Waals surface area contributed by atoms with Gasteiger partial charge in [-0.05, 0) is 43.9 Å². The van der Waals surface area contributed by atoms with Crippen molar-refractivity contribution in [1.82, 2.24) is 5.32 Å². The van der Waals surface area contributed by atoms with Crippen LogP contribution < -0.4 is 10.2 Å². The van der Waals surface area contributed by atoms with E-state index in [9.17, 15) is 9.59 Å². The number of anilines is 1. The Kier molecular flexibility index (Phi) is 3.84. The summed E-state index contributed by atoms with van der Waals surface area (Å²) >= 11 is 0. The monoisotopic (exact) mass is 274 g/mol. The number of benzene rings is 1. The van der Waals surface area contributed by atoms with Crippen LogP contribution in [0, 0.1) is 19.8 Å². The number of nitrogens with zero attached hydrogens (tertiary/aromatic N) is 1. The third-order valence-corrected chi connectivity index (χ3v) is 3.98. The molecule has 0 saturated carbocycles. The first kappa shape index (κ1) is 14.6. The molecule has 1 aromatic rings. The lowest BCUT2D eigenvalue weighted by Gasteiger charge is -2.40. The molecule has 1 aromatic carbocycles. The summed E-state index contributed by atoms with van der Waals surface area (Å²) < 4.78 is 0. The van der Waals surface area contributed by atoms with Crippen LogP contribution in [0.3, 0.4) is 0 Å². The molecule has 1 aliphatic heterocycles. The molecule has 20 heavy (non-hydrogen) atoms. The first-order valence-corrected chi connectivity index (χ1v) is 7.04. The average Bonchev–Trinajstić information content (AvgIpc) is 2.36. The Morgan fingerprint density at radius 1 is 1.20 bits per heavy atom. The zero-order valence-electron chi connectivity index (χ0n) is 12.7. The Labute approximate surface area is 120 Å². The van der Waals surface area contributed by atoms with Crippen molar-refractivity contribution in [1.29, 1.82) is 0 Å². The van der Waals surface area contributed by atoms with Crippen LogP contribution in [0.5, 0.6) is 0 Å². The second kappa shape index (κ2) is 5.27. The molecule has 1 saturated heterocycles. The van der Waals surface area contributed by atoms with Crippen molar-refractivity contribution in [3.63, 3.8) is 0 Å². The third kappa shape index (κ3) is 2.30. The number of aryl methyl sites for hydroxylation is 1. The molecule has 1 N–H and O–H groups in total. The van der Waals surface area contributed by atoms with Crippen molar-refractivity contribution in [3.05, 3.63) is 29.3 Å². The number of rotatable bonds is 2. The first-order chi connectivity index (χ1) is 9.34. The van der Waals surface area contributed by atoms with Crippen LogP contribution in [0.1, 0.15) is 31.9 Å². The Morgan fingerprint density at radius 3 is 2.45 bits per heavy atom. The molecular formula is C16H22N2O2. The maximum absolute atomic E-state index is 12.6. The second-order valence-corrected chi connectivity index (χ2v) is 5.85. The topological polar surface area (TPSA) is 49.4 Å². The highest BCUT2D eigenvalue weighted by Crippen LogP contribution is 2.29. The van der Waals surface area contributed by atoms with Gasteiger partial charge in [-0.1, -0.05) is 26.0 Å². The van der Waals surface area contributed by atoms with Gasteiger partial charge in [0, 0.05) is 5.69 Å². The molecule has 1 fully saturated rings. The van der Waals surface area contributed by atoms with Gasteiger partial charge in [0.25, 0.3) is 0 Å². The maximum Gasteiger partial charge on any atom is 0.250 e. The molecule has 0 aliphatic carbocycles. The molecule has 2 amide bonds. The maximum atomic E-state index is 12.6. The number of carbonyl (C=O) groups is 2. The summed E-state index contributed by atoms with van der Waals surface area (Å²) in [5.74, 6) is -0.0589. The van der Waals surface area contributed by atoms with Gasteiger partial charge < -0.3 is 5.32 Å². The summed E-state index contributed by atoms with van der Waals surface area (Å²) in [5.41, 5.74) is 3.01. The molecular weight excluding hydrogens is 252 g/mol. The normalized spacial score (nSPS) is 23.2. The molecule has 2 atom stereocenters. The van der Waals surface area contributed by atoms with Crippen LogP contribution in [0.2, 0.25) is 0 Å². The van der Waals surface area contributed by atoms with Crippen molar-refractivity contribution in [2.45, 2.75) is 46.7 Å². The lowest BCUT2D eigenvalue weighted by molar-refractivity contribution is -0.134. The highest BCUT2D eigenvalue weighted by Gasteiger charge is 2.41. The van der Waals surface area contributed by atoms with Gasteiger partial charge in [-0.15, -0.1) is 0 Å². The molecule has 0 spiro atoms.